The van der Waals surface area contributed by atoms with Gasteiger partial charge in [0.05, 0.1) is 11.6 Å². The van der Waals surface area contributed by atoms with Gasteiger partial charge < -0.3 is 31.5 Å². The number of benzene rings is 2. The molecule has 2 aromatic carbocycles. The number of carbonyl (C=O) groups excluding carboxylic acids is 3. The van der Waals surface area contributed by atoms with Crippen molar-refractivity contribution in [3.63, 3.8) is 0 Å². The first kappa shape index (κ1) is 27.5. The first-order valence-electron chi connectivity index (χ1n) is 12.8. The van der Waals surface area contributed by atoms with Crippen LogP contribution in [0.3, 0.4) is 0 Å². The van der Waals surface area contributed by atoms with Gasteiger partial charge in [-0.3, -0.25) is 19.3 Å². The number of fused-ring (bicyclic) bond motifs is 3. The molecule has 0 spiro atoms. The number of Topliss-reactive ketones (excluding diaryl/α,β-unsaturated/α-hetero) is 2. The van der Waals surface area contributed by atoms with Crippen molar-refractivity contribution in [3.05, 3.63) is 81.4 Å². The normalized spacial score (nSPS) is 26.1. The largest absolute Gasteiger partial charge is 0.508 e. The Hall–Kier alpha value is -4.06. The van der Waals surface area contributed by atoms with Gasteiger partial charge >= 0.3 is 0 Å². The molecule has 0 saturated heterocycles. The van der Waals surface area contributed by atoms with Gasteiger partial charge in [0, 0.05) is 24.6 Å². The van der Waals surface area contributed by atoms with Crippen molar-refractivity contribution in [1.29, 1.82) is 0 Å². The van der Waals surface area contributed by atoms with Crippen LogP contribution in [0.5, 0.6) is 5.75 Å². The van der Waals surface area contributed by atoms with Gasteiger partial charge in [-0.15, -0.1) is 0 Å². The summed E-state index contributed by atoms with van der Waals surface area (Å²) in [4.78, 5) is 40.6. The summed E-state index contributed by atoms with van der Waals surface area (Å²) in [5.74, 6) is -7.18. The lowest BCUT2D eigenvalue weighted by Crippen LogP contribution is -2.65. The molecule has 210 valence electrons. The molecule has 1 fully saturated rings. The topological polar surface area (TPSA) is 173 Å². The highest BCUT2D eigenvalue weighted by Crippen LogP contribution is 2.52. The van der Waals surface area contributed by atoms with Crippen LogP contribution in [0, 0.1) is 17.7 Å². The van der Waals surface area contributed by atoms with E-state index < -0.39 is 58.0 Å². The van der Waals surface area contributed by atoms with Crippen LogP contribution in [0.25, 0.3) is 5.76 Å². The number of ketones is 2. The van der Waals surface area contributed by atoms with Crippen LogP contribution in [0.4, 0.5) is 4.39 Å². The number of carbonyl (C=O) groups is 3. The lowest BCUT2D eigenvalue weighted by molar-refractivity contribution is -0.153. The fourth-order valence-corrected chi connectivity index (χ4v) is 6.42. The highest BCUT2D eigenvalue weighted by molar-refractivity contribution is 6.24. The number of primary amides is 1. The van der Waals surface area contributed by atoms with Crippen molar-refractivity contribution in [1.82, 2.24) is 10.2 Å². The Morgan fingerprint density at radius 3 is 2.40 bits per heavy atom. The molecule has 1 saturated carbocycles. The lowest BCUT2D eigenvalue weighted by Gasteiger charge is -2.50. The van der Waals surface area contributed by atoms with E-state index in [1.165, 1.54) is 23.1 Å². The number of phenols is 1. The number of aromatic hydroxyl groups is 1. The Morgan fingerprint density at radius 2 is 1.77 bits per heavy atom. The summed E-state index contributed by atoms with van der Waals surface area (Å²) in [6.45, 7) is 0.765. The zero-order valence-corrected chi connectivity index (χ0v) is 21.9. The fourth-order valence-electron chi connectivity index (χ4n) is 6.42. The summed E-state index contributed by atoms with van der Waals surface area (Å²) >= 11 is 0. The van der Waals surface area contributed by atoms with Crippen LogP contribution in [-0.2, 0) is 33.9 Å². The Balaban J connectivity index is 1.56. The molecular weight excluding hydrogens is 521 g/mol. The molecule has 0 radical (unpaired) electrons. The van der Waals surface area contributed by atoms with E-state index in [0.29, 0.717) is 18.7 Å². The maximum absolute atomic E-state index is 13.9. The molecular formula is C29H30FN3O7. The predicted octanol–water partition coefficient (Wildman–Crippen LogP) is 1.39. The van der Waals surface area contributed by atoms with E-state index in [0.717, 1.165) is 11.1 Å². The molecule has 7 N–H and O–H groups in total. The number of amides is 1. The quantitative estimate of drug-likeness (QED) is 0.290. The summed E-state index contributed by atoms with van der Waals surface area (Å²) in [5, 5.41) is 47.8. The third kappa shape index (κ3) is 4.09. The van der Waals surface area contributed by atoms with Crippen molar-refractivity contribution in [3.8, 4) is 5.75 Å². The van der Waals surface area contributed by atoms with E-state index in [-0.39, 0.29) is 35.5 Å². The number of aliphatic hydroxyl groups is 3. The van der Waals surface area contributed by atoms with Gasteiger partial charge in [-0.05, 0) is 67.7 Å². The highest BCUT2D eigenvalue weighted by Gasteiger charge is 2.64. The minimum absolute atomic E-state index is 0.0177. The summed E-state index contributed by atoms with van der Waals surface area (Å²) in [7, 11) is 3.10. The van der Waals surface area contributed by atoms with Gasteiger partial charge in [-0.25, -0.2) is 4.39 Å². The van der Waals surface area contributed by atoms with Crippen molar-refractivity contribution in [2.75, 3.05) is 14.1 Å². The maximum atomic E-state index is 13.9. The van der Waals surface area contributed by atoms with E-state index in [1.807, 2.05) is 0 Å². The molecule has 4 atom stereocenters. The molecule has 0 unspecified atom stereocenters. The second-order valence-electron chi connectivity index (χ2n) is 10.8. The molecule has 0 aromatic heterocycles. The SMILES string of the molecule is CN(C)[C@H]1C(=O)C(C(N)=O)=C(O)[C@@]2(O)C(=O)C3=C(O)c4c(O)ccc(CNCc5ccc(F)cc5)c4C[C@H]3C[C@@H]12. The maximum Gasteiger partial charge on any atom is 0.255 e. The van der Waals surface area contributed by atoms with Crippen LogP contribution in [0.15, 0.2) is 53.3 Å². The molecule has 1 amide bonds. The van der Waals surface area contributed by atoms with Gasteiger partial charge in [0.1, 0.15) is 28.7 Å². The zero-order valence-electron chi connectivity index (χ0n) is 21.9. The Kier molecular flexibility index (Phi) is 6.77. The molecule has 3 aliphatic rings. The average molecular weight is 552 g/mol. The Bertz CT molecular complexity index is 1500. The van der Waals surface area contributed by atoms with Crippen molar-refractivity contribution >= 4 is 23.2 Å². The summed E-state index contributed by atoms with van der Waals surface area (Å²) < 4.78 is 13.2. The summed E-state index contributed by atoms with van der Waals surface area (Å²) in [6, 6.07) is 7.99. The number of rotatable bonds is 6. The monoisotopic (exact) mass is 551 g/mol. The van der Waals surface area contributed by atoms with E-state index >= 15 is 0 Å². The van der Waals surface area contributed by atoms with E-state index in [4.69, 9.17) is 5.73 Å². The average Bonchev–Trinajstić information content (AvgIpc) is 2.88. The summed E-state index contributed by atoms with van der Waals surface area (Å²) in [5.41, 5.74) is 3.87. The number of halogens is 1. The van der Waals surface area contributed by atoms with Crippen LogP contribution >= 0.6 is 0 Å². The molecule has 0 aliphatic heterocycles. The number of hydrogen-bond donors (Lipinski definition) is 6. The van der Waals surface area contributed by atoms with Crippen LogP contribution in [-0.4, -0.2) is 68.5 Å². The third-order valence-corrected chi connectivity index (χ3v) is 8.26. The molecule has 5 rings (SSSR count). The standard InChI is InChI=1S/C29H30FN3O7/c1-33(2)23-18-10-15-9-17-14(12-32-11-13-3-6-16(30)7-4-13)5-8-19(34)21(17)24(35)20(15)26(37)29(18,40)27(38)22(25(23)36)28(31)39/h3-8,15,18,23,32,34-35,38,40H,9-12H2,1-2H3,(H2,31,39)/t15-,18-,23+,29-/m0/s1. The number of phenolic OH excluding ortho intramolecular Hbond substituents is 1. The number of aliphatic hydroxyl groups excluding tert-OH is 2. The first-order chi connectivity index (χ1) is 18.9. The molecule has 10 nitrogen and oxygen atoms in total. The minimum Gasteiger partial charge on any atom is -0.508 e. The second-order valence-corrected chi connectivity index (χ2v) is 10.8. The van der Waals surface area contributed by atoms with Crippen LogP contribution in [0.1, 0.15) is 28.7 Å². The van der Waals surface area contributed by atoms with Gasteiger partial charge in [0.25, 0.3) is 5.91 Å². The van der Waals surface area contributed by atoms with Crippen molar-refractivity contribution < 1.29 is 39.2 Å². The molecule has 0 heterocycles. The predicted molar refractivity (Wildman–Crippen MR) is 141 cm³/mol. The first-order valence-corrected chi connectivity index (χ1v) is 12.8. The minimum atomic E-state index is -2.67. The summed E-state index contributed by atoms with van der Waals surface area (Å²) in [6.07, 6.45) is 0.223. The number of nitrogens with zero attached hydrogens (tertiary/aromatic N) is 1. The number of nitrogens with one attached hydrogen (secondary N) is 1. The van der Waals surface area contributed by atoms with Gasteiger partial charge in [-0.2, -0.15) is 0 Å². The lowest BCUT2D eigenvalue weighted by atomic mass is 9.57. The van der Waals surface area contributed by atoms with E-state index in [1.54, 1.807) is 32.3 Å². The van der Waals surface area contributed by atoms with Crippen molar-refractivity contribution in [2.45, 2.75) is 37.6 Å². The number of nitrogens with two attached hydrogens (primary N) is 1. The Morgan fingerprint density at radius 1 is 1.10 bits per heavy atom. The zero-order chi connectivity index (χ0) is 29.1. The highest BCUT2D eigenvalue weighted by atomic mass is 19.1. The van der Waals surface area contributed by atoms with Crippen molar-refractivity contribution in [2.24, 2.45) is 17.6 Å². The number of hydrogen-bond acceptors (Lipinski definition) is 9. The molecule has 11 heteroatoms. The fraction of sp³-hybridized carbons (Fsp3) is 0.345. The van der Waals surface area contributed by atoms with Gasteiger partial charge in [-0.1, -0.05) is 18.2 Å². The third-order valence-electron chi connectivity index (χ3n) is 8.26. The Labute approximate surface area is 229 Å². The van der Waals surface area contributed by atoms with E-state index in [2.05, 4.69) is 5.32 Å². The molecule has 40 heavy (non-hydrogen) atoms. The van der Waals surface area contributed by atoms with Crippen LogP contribution < -0.4 is 11.1 Å². The van der Waals surface area contributed by atoms with E-state index in [9.17, 15) is 39.2 Å². The molecule has 3 aliphatic carbocycles. The molecule has 2 aromatic rings. The second kappa shape index (κ2) is 9.84. The van der Waals surface area contributed by atoms with Gasteiger partial charge in [0.2, 0.25) is 5.78 Å². The van der Waals surface area contributed by atoms with Gasteiger partial charge in [0.15, 0.2) is 11.4 Å². The smallest absolute Gasteiger partial charge is 0.255 e. The number of likely N-dealkylation sites (N-methyl/N-ethyl adjacent to an activating group) is 1. The molecule has 0 bridgehead atoms. The van der Waals surface area contributed by atoms with Crippen LogP contribution in [0.2, 0.25) is 0 Å².